The standard InChI is InChI=1S/C10H13F4N2O14P3S/c11-3-1-16(8(18)15-6(3)34)7-9(19,10(12,13)14)5(17)4(28-7)2-27-32(23,24)30-33(25,26)29-31(20,21)22/h1,4-5,7,17,19H,2H2,(H,23,24)(H,25,26)(H,15,18,34)(H2,20,21,22)/t4-,5+,7-,9?/m1/s1. The normalized spacial score (nSPS) is 29.5. The third-order valence-corrected chi connectivity index (χ3v) is 8.03. The summed E-state index contributed by atoms with van der Waals surface area (Å²) in [7, 11) is -17.6. The van der Waals surface area contributed by atoms with Crippen molar-refractivity contribution in [2.45, 2.75) is 30.2 Å². The Bertz CT molecular complexity index is 1200. The van der Waals surface area contributed by atoms with Gasteiger partial charge in [-0.05, 0) is 0 Å². The molecule has 1 fully saturated rings. The summed E-state index contributed by atoms with van der Waals surface area (Å²) in [6.07, 6.45) is -14.1. The van der Waals surface area contributed by atoms with Crippen molar-refractivity contribution in [1.29, 1.82) is 0 Å². The van der Waals surface area contributed by atoms with Crippen molar-refractivity contribution in [2.75, 3.05) is 6.61 Å². The molecular formula is C10H13F4N2O14P3S. The number of nitrogens with one attached hydrogen (secondary N) is 1. The Labute approximate surface area is 188 Å². The number of halogens is 4. The largest absolute Gasteiger partial charge is 0.490 e. The Morgan fingerprint density at radius 1 is 1.18 bits per heavy atom. The molecule has 1 aliphatic rings. The Kier molecular flexibility index (Phi) is 8.22. The number of aromatic nitrogens is 2. The first-order chi connectivity index (χ1) is 15.1. The van der Waals surface area contributed by atoms with Crippen molar-refractivity contribution < 1.29 is 78.9 Å². The molecule has 1 aliphatic heterocycles. The molecule has 34 heavy (non-hydrogen) atoms. The number of aliphatic hydroxyl groups is 2. The van der Waals surface area contributed by atoms with E-state index in [0.717, 1.165) is 0 Å². The second kappa shape index (κ2) is 9.53. The zero-order valence-electron chi connectivity index (χ0n) is 15.7. The maximum Gasteiger partial charge on any atom is 0.490 e. The molecule has 0 bridgehead atoms. The first-order valence-electron chi connectivity index (χ1n) is 8.01. The average Bonchev–Trinajstić information content (AvgIpc) is 2.85. The van der Waals surface area contributed by atoms with Gasteiger partial charge in [0.15, 0.2) is 12.0 Å². The van der Waals surface area contributed by atoms with Crippen LogP contribution in [0.5, 0.6) is 0 Å². The maximum absolute atomic E-state index is 13.7. The van der Waals surface area contributed by atoms with Crippen LogP contribution < -0.4 is 5.69 Å². The molecular weight excluding hydrogens is 573 g/mol. The SMILES string of the molecule is O=c1[nH]c(=S)c(F)cn1[C@@H]1O[C@H](COP(=O)(O)OP(=O)(O)OP(=O)(O)O)[C@H](O)C1(O)C(F)(F)F. The van der Waals surface area contributed by atoms with Gasteiger partial charge in [-0.15, -0.1) is 0 Å². The van der Waals surface area contributed by atoms with Gasteiger partial charge in [-0.1, -0.05) is 12.2 Å². The fourth-order valence-electron chi connectivity index (χ4n) is 2.59. The van der Waals surface area contributed by atoms with E-state index in [4.69, 9.17) is 19.4 Å². The number of nitrogens with zero attached hydrogens (tertiary/aromatic N) is 1. The minimum atomic E-state index is -5.98. The average molecular weight is 586 g/mol. The number of phosphoric acid groups is 3. The lowest BCUT2D eigenvalue weighted by molar-refractivity contribution is -0.304. The predicted octanol–water partition coefficient (Wildman–Crippen LogP) is -0.0600. The summed E-state index contributed by atoms with van der Waals surface area (Å²) in [5.74, 6) is -1.44. The molecule has 0 aromatic carbocycles. The highest BCUT2D eigenvalue weighted by atomic mass is 32.1. The molecule has 1 saturated heterocycles. The number of phosphoric ester groups is 1. The maximum atomic E-state index is 13.7. The predicted molar refractivity (Wildman–Crippen MR) is 96.6 cm³/mol. The van der Waals surface area contributed by atoms with Crippen molar-refractivity contribution in [1.82, 2.24) is 9.55 Å². The molecule has 0 saturated carbocycles. The van der Waals surface area contributed by atoms with Gasteiger partial charge in [-0.3, -0.25) is 14.1 Å². The zero-order chi connectivity index (χ0) is 26.5. The van der Waals surface area contributed by atoms with Crippen molar-refractivity contribution in [3.05, 3.63) is 27.1 Å². The van der Waals surface area contributed by atoms with Gasteiger partial charge in [-0.2, -0.15) is 21.8 Å². The molecule has 0 radical (unpaired) electrons. The molecule has 0 spiro atoms. The number of aliphatic hydroxyl groups excluding tert-OH is 1. The molecule has 24 heteroatoms. The number of hydrogen-bond donors (Lipinski definition) is 7. The van der Waals surface area contributed by atoms with Crippen molar-refractivity contribution in [3.63, 3.8) is 0 Å². The van der Waals surface area contributed by atoms with E-state index in [1.54, 1.807) is 4.98 Å². The highest BCUT2D eigenvalue weighted by Crippen LogP contribution is 2.66. The van der Waals surface area contributed by atoms with Gasteiger partial charge in [0, 0.05) is 0 Å². The summed E-state index contributed by atoms with van der Waals surface area (Å²) in [6, 6.07) is 0. The van der Waals surface area contributed by atoms with Crippen LogP contribution in [0.1, 0.15) is 6.23 Å². The molecule has 0 aliphatic carbocycles. The molecule has 0 amide bonds. The van der Waals surface area contributed by atoms with E-state index in [9.17, 15) is 51.2 Å². The first-order valence-corrected chi connectivity index (χ1v) is 12.9. The van der Waals surface area contributed by atoms with Gasteiger partial charge in [-0.25, -0.2) is 22.9 Å². The molecule has 1 aromatic rings. The van der Waals surface area contributed by atoms with E-state index in [-0.39, 0.29) is 10.8 Å². The molecule has 7 N–H and O–H groups in total. The van der Waals surface area contributed by atoms with Crippen molar-refractivity contribution in [2.24, 2.45) is 0 Å². The minimum absolute atomic E-state index is 0.111. The summed E-state index contributed by atoms with van der Waals surface area (Å²) < 4.78 is 103. The number of H-pyrrole nitrogens is 1. The lowest BCUT2D eigenvalue weighted by Gasteiger charge is -2.33. The van der Waals surface area contributed by atoms with Gasteiger partial charge < -0.3 is 34.5 Å². The molecule has 16 nitrogen and oxygen atoms in total. The summed E-state index contributed by atoms with van der Waals surface area (Å²) in [4.78, 5) is 48.9. The first kappa shape index (κ1) is 29.3. The van der Waals surface area contributed by atoms with Gasteiger partial charge in [0.2, 0.25) is 5.60 Å². The summed E-state index contributed by atoms with van der Waals surface area (Å²) >= 11 is 4.40. The number of ether oxygens (including phenoxy) is 1. The summed E-state index contributed by atoms with van der Waals surface area (Å²) in [5, 5.41) is 20.2. The second-order valence-electron chi connectivity index (χ2n) is 6.33. The van der Waals surface area contributed by atoms with Crippen molar-refractivity contribution >= 4 is 35.7 Å². The number of aromatic amines is 1. The van der Waals surface area contributed by atoms with Crippen LogP contribution >= 0.6 is 35.7 Å². The van der Waals surface area contributed by atoms with Crippen molar-refractivity contribution in [3.8, 4) is 0 Å². The Hall–Kier alpha value is -0.890. The summed E-state index contributed by atoms with van der Waals surface area (Å²) in [6.45, 7) is -1.63. The monoisotopic (exact) mass is 586 g/mol. The smallest absolute Gasteiger partial charge is 0.387 e. The van der Waals surface area contributed by atoms with Crippen LogP contribution in [0, 0.1) is 10.5 Å². The van der Waals surface area contributed by atoms with Gasteiger partial charge in [0.1, 0.15) is 16.8 Å². The number of alkyl halides is 3. The van der Waals surface area contributed by atoms with Crippen LogP contribution in [0.3, 0.4) is 0 Å². The Balaban J connectivity index is 2.33. The van der Waals surface area contributed by atoms with E-state index < -0.39 is 76.4 Å². The van der Waals surface area contributed by atoms with E-state index in [1.165, 1.54) is 0 Å². The van der Waals surface area contributed by atoms with Gasteiger partial charge >= 0.3 is 35.3 Å². The second-order valence-corrected chi connectivity index (χ2v) is 11.2. The molecule has 2 heterocycles. The van der Waals surface area contributed by atoms with Crippen LogP contribution in [0.25, 0.3) is 0 Å². The fraction of sp³-hybridized carbons (Fsp3) is 0.600. The van der Waals surface area contributed by atoms with Crippen LogP contribution in [0.2, 0.25) is 0 Å². The van der Waals surface area contributed by atoms with E-state index in [0.29, 0.717) is 0 Å². The van der Waals surface area contributed by atoms with E-state index in [1.807, 2.05) is 0 Å². The van der Waals surface area contributed by atoms with Crippen LogP contribution in [-0.4, -0.2) is 69.9 Å². The zero-order valence-corrected chi connectivity index (χ0v) is 19.2. The summed E-state index contributed by atoms with van der Waals surface area (Å²) in [5.41, 5.74) is -5.87. The van der Waals surface area contributed by atoms with E-state index in [2.05, 4.69) is 25.4 Å². The molecule has 1 aromatic heterocycles. The number of hydrogen-bond acceptors (Lipinski definition) is 11. The topological polar surface area (TPSA) is 247 Å². The molecule has 3 unspecified atom stereocenters. The fourth-order valence-corrected chi connectivity index (χ4v) is 5.76. The quantitative estimate of drug-likeness (QED) is 0.120. The third-order valence-electron chi connectivity index (χ3n) is 3.93. The molecule has 6 atom stereocenters. The van der Waals surface area contributed by atoms with Gasteiger partial charge in [0.05, 0.1) is 12.8 Å². The van der Waals surface area contributed by atoms with Crippen LogP contribution in [0.4, 0.5) is 17.6 Å². The number of rotatable bonds is 8. The van der Waals surface area contributed by atoms with Crippen LogP contribution in [0.15, 0.2) is 11.0 Å². The molecule has 196 valence electrons. The lowest BCUT2D eigenvalue weighted by atomic mass is 9.93. The van der Waals surface area contributed by atoms with Crippen LogP contribution in [-0.2, 0) is 31.6 Å². The van der Waals surface area contributed by atoms with E-state index >= 15 is 0 Å². The third kappa shape index (κ3) is 6.45. The molecule has 2 rings (SSSR count). The minimum Gasteiger partial charge on any atom is -0.387 e. The Morgan fingerprint density at radius 3 is 2.24 bits per heavy atom. The highest BCUT2D eigenvalue weighted by Gasteiger charge is 2.71. The lowest BCUT2D eigenvalue weighted by Crippen LogP contribution is -2.58. The van der Waals surface area contributed by atoms with Gasteiger partial charge in [0.25, 0.3) is 0 Å². The highest BCUT2D eigenvalue weighted by molar-refractivity contribution is 7.71. The Morgan fingerprint density at radius 2 is 1.74 bits per heavy atom.